The second-order valence-electron chi connectivity index (χ2n) is 6.93. The third-order valence-corrected chi connectivity index (χ3v) is 5.21. The largest absolute Gasteiger partial charge is 0.390 e. The molecular formula is C18H24F2N2O2. The van der Waals surface area contributed by atoms with Gasteiger partial charge in [0.2, 0.25) is 5.91 Å². The number of carbonyl (C=O) groups is 1. The number of hydrogen-bond acceptors (Lipinski definition) is 3. The predicted octanol–water partition coefficient (Wildman–Crippen LogP) is 1.84. The molecule has 1 aromatic carbocycles. The quantitative estimate of drug-likeness (QED) is 0.915. The Morgan fingerprint density at radius 3 is 2.58 bits per heavy atom. The van der Waals surface area contributed by atoms with Crippen LogP contribution in [0.1, 0.15) is 24.0 Å². The number of nitrogens with zero attached hydrogens (tertiary/aromatic N) is 2. The van der Waals surface area contributed by atoms with Crippen molar-refractivity contribution in [2.75, 3.05) is 26.2 Å². The lowest BCUT2D eigenvalue weighted by atomic mass is 10.0. The summed E-state index contributed by atoms with van der Waals surface area (Å²) in [6, 6.07) is 7.51. The van der Waals surface area contributed by atoms with Crippen LogP contribution in [0.25, 0.3) is 0 Å². The lowest BCUT2D eigenvalue weighted by Crippen LogP contribution is -2.49. The van der Waals surface area contributed by atoms with Crippen LogP contribution in [0.4, 0.5) is 8.78 Å². The van der Waals surface area contributed by atoms with Crippen LogP contribution in [0.2, 0.25) is 0 Å². The van der Waals surface area contributed by atoms with E-state index in [1.54, 1.807) is 4.90 Å². The van der Waals surface area contributed by atoms with Crippen LogP contribution < -0.4 is 0 Å². The van der Waals surface area contributed by atoms with Crippen molar-refractivity contribution in [3.63, 3.8) is 0 Å². The van der Waals surface area contributed by atoms with Crippen LogP contribution >= 0.6 is 0 Å². The van der Waals surface area contributed by atoms with Crippen molar-refractivity contribution < 1.29 is 18.7 Å². The third-order valence-electron chi connectivity index (χ3n) is 5.21. The lowest BCUT2D eigenvalue weighted by Gasteiger charge is -2.36. The number of halogens is 2. The maximum atomic E-state index is 13.3. The van der Waals surface area contributed by atoms with Crippen LogP contribution in [-0.2, 0) is 11.2 Å². The molecule has 0 bridgehead atoms. The van der Waals surface area contributed by atoms with Crippen LogP contribution in [0, 0.1) is 6.92 Å². The van der Waals surface area contributed by atoms with E-state index in [9.17, 15) is 18.7 Å². The van der Waals surface area contributed by atoms with Gasteiger partial charge in [-0.2, -0.15) is 0 Å². The molecule has 0 spiro atoms. The topological polar surface area (TPSA) is 43.8 Å². The minimum Gasteiger partial charge on any atom is -0.390 e. The van der Waals surface area contributed by atoms with Crippen LogP contribution in [0.5, 0.6) is 0 Å². The zero-order valence-electron chi connectivity index (χ0n) is 13.9. The maximum Gasteiger partial charge on any atom is 0.250 e. The molecule has 2 aliphatic heterocycles. The average Bonchev–Trinajstić information content (AvgIpc) is 2.92. The summed E-state index contributed by atoms with van der Waals surface area (Å²) in [5.74, 6) is -2.62. The van der Waals surface area contributed by atoms with Crippen LogP contribution in [0.15, 0.2) is 24.3 Å². The van der Waals surface area contributed by atoms with E-state index in [4.69, 9.17) is 0 Å². The van der Waals surface area contributed by atoms with E-state index in [-0.39, 0.29) is 44.4 Å². The Bertz CT molecular complexity index is 598. The van der Waals surface area contributed by atoms with Crippen molar-refractivity contribution in [1.29, 1.82) is 0 Å². The summed E-state index contributed by atoms with van der Waals surface area (Å²) in [4.78, 5) is 16.1. The summed E-state index contributed by atoms with van der Waals surface area (Å²) in [7, 11) is 0. The summed E-state index contributed by atoms with van der Waals surface area (Å²) < 4.78 is 26.6. The molecule has 3 rings (SSSR count). The van der Waals surface area contributed by atoms with Gasteiger partial charge in [0.15, 0.2) is 0 Å². The number of rotatable bonds is 3. The van der Waals surface area contributed by atoms with Gasteiger partial charge in [-0.15, -0.1) is 0 Å². The predicted molar refractivity (Wildman–Crippen MR) is 87.0 cm³/mol. The van der Waals surface area contributed by atoms with E-state index in [1.165, 1.54) is 0 Å². The second-order valence-corrected chi connectivity index (χ2v) is 6.93. The van der Waals surface area contributed by atoms with Crippen LogP contribution in [0.3, 0.4) is 0 Å². The molecule has 0 aromatic heterocycles. The summed E-state index contributed by atoms with van der Waals surface area (Å²) >= 11 is 0. The maximum absolute atomic E-state index is 13.3. The number of benzene rings is 1. The standard InChI is InChI=1S/C18H24F2N2O2/c1-13-4-2-3-5-14(13)10-17(24)22-11-15(16(23)12-22)21-8-6-18(19,20)7-9-21/h2-5,15-16,23H,6-12H2,1H3/t15-,16-/m1/s1. The number of β-amino-alcohol motifs (C(OH)–C–C–N with tert-alkyl or cyclic N) is 1. The van der Waals surface area contributed by atoms with Crippen molar-refractivity contribution >= 4 is 5.91 Å². The molecule has 132 valence electrons. The minimum atomic E-state index is -2.60. The molecule has 1 aromatic rings. The zero-order valence-corrected chi connectivity index (χ0v) is 13.9. The van der Waals surface area contributed by atoms with Crippen molar-refractivity contribution in [1.82, 2.24) is 9.80 Å². The zero-order chi connectivity index (χ0) is 17.3. The van der Waals surface area contributed by atoms with Crippen molar-refractivity contribution in [2.45, 2.75) is 44.3 Å². The number of piperidine rings is 1. The molecule has 2 saturated heterocycles. The van der Waals surface area contributed by atoms with Crippen LogP contribution in [-0.4, -0.2) is 65.1 Å². The molecule has 2 aliphatic rings. The fraction of sp³-hybridized carbons (Fsp3) is 0.611. The number of aliphatic hydroxyl groups excluding tert-OH is 1. The Balaban J connectivity index is 1.59. The number of amides is 1. The van der Waals surface area contributed by atoms with Gasteiger partial charge in [-0.3, -0.25) is 9.69 Å². The fourth-order valence-corrected chi connectivity index (χ4v) is 3.60. The SMILES string of the molecule is Cc1ccccc1CC(=O)N1C[C@@H](O)[C@H](N2CCC(F)(F)CC2)C1. The number of carbonyl (C=O) groups excluding carboxylic acids is 1. The first-order valence-electron chi connectivity index (χ1n) is 8.48. The summed E-state index contributed by atoms with van der Waals surface area (Å²) in [5, 5.41) is 10.3. The highest BCUT2D eigenvalue weighted by Gasteiger charge is 2.42. The lowest BCUT2D eigenvalue weighted by molar-refractivity contribution is -0.130. The Labute approximate surface area is 141 Å². The van der Waals surface area contributed by atoms with Gasteiger partial charge in [-0.25, -0.2) is 8.78 Å². The highest BCUT2D eigenvalue weighted by Crippen LogP contribution is 2.30. The van der Waals surface area contributed by atoms with Gasteiger partial charge in [0.25, 0.3) is 5.92 Å². The van der Waals surface area contributed by atoms with Gasteiger partial charge in [-0.05, 0) is 18.1 Å². The fourth-order valence-electron chi connectivity index (χ4n) is 3.60. The normalized spacial score (nSPS) is 27.4. The first-order chi connectivity index (χ1) is 11.4. The number of aryl methyl sites for hydroxylation is 1. The van der Waals surface area contributed by atoms with E-state index in [1.807, 2.05) is 36.1 Å². The molecule has 4 nitrogen and oxygen atoms in total. The summed E-state index contributed by atoms with van der Waals surface area (Å²) in [6.07, 6.45) is -0.706. The number of alkyl halides is 2. The molecule has 0 radical (unpaired) electrons. The van der Waals surface area contributed by atoms with E-state index in [0.29, 0.717) is 13.0 Å². The molecule has 24 heavy (non-hydrogen) atoms. The van der Waals surface area contributed by atoms with Crippen molar-refractivity contribution in [3.8, 4) is 0 Å². The minimum absolute atomic E-state index is 0.0202. The molecule has 1 N–H and O–H groups in total. The van der Waals surface area contributed by atoms with E-state index in [2.05, 4.69) is 0 Å². The van der Waals surface area contributed by atoms with Gasteiger partial charge in [0.1, 0.15) is 0 Å². The van der Waals surface area contributed by atoms with Gasteiger partial charge in [-0.1, -0.05) is 24.3 Å². The molecule has 1 amide bonds. The van der Waals surface area contributed by atoms with Gasteiger partial charge < -0.3 is 10.0 Å². The summed E-state index contributed by atoms with van der Waals surface area (Å²) in [6.45, 7) is 3.21. The monoisotopic (exact) mass is 338 g/mol. The van der Waals surface area contributed by atoms with Crippen molar-refractivity contribution in [3.05, 3.63) is 35.4 Å². The third kappa shape index (κ3) is 3.75. The average molecular weight is 338 g/mol. The van der Waals surface area contributed by atoms with Gasteiger partial charge in [0.05, 0.1) is 18.6 Å². The smallest absolute Gasteiger partial charge is 0.250 e. The summed E-state index contributed by atoms with van der Waals surface area (Å²) in [5.41, 5.74) is 2.05. The molecule has 2 fully saturated rings. The second kappa shape index (κ2) is 6.76. The molecule has 0 aliphatic carbocycles. The Morgan fingerprint density at radius 2 is 1.92 bits per heavy atom. The molecule has 0 saturated carbocycles. The van der Waals surface area contributed by atoms with Gasteiger partial charge in [0, 0.05) is 39.0 Å². The highest BCUT2D eigenvalue weighted by atomic mass is 19.3. The van der Waals surface area contributed by atoms with Crippen molar-refractivity contribution in [2.24, 2.45) is 0 Å². The molecular weight excluding hydrogens is 314 g/mol. The molecule has 0 unspecified atom stereocenters. The first kappa shape index (κ1) is 17.3. The van der Waals surface area contributed by atoms with E-state index in [0.717, 1.165) is 11.1 Å². The Hall–Kier alpha value is -1.53. The number of aliphatic hydroxyl groups is 1. The first-order valence-corrected chi connectivity index (χ1v) is 8.48. The van der Waals surface area contributed by atoms with E-state index >= 15 is 0 Å². The molecule has 2 atom stereocenters. The van der Waals surface area contributed by atoms with E-state index < -0.39 is 12.0 Å². The Morgan fingerprint density at radius 1 is 1.25 bits per heavy atom. The number of hydrogen-bond donors (Lipinski definition) is 1. The number of likely N-dealkylation sites (tertiary alicyclic amines) is 2. The molecule has 6 heteroatoms. The highest BCUT2D eigenvalue weighted by molar-refractivity contribution is 5.79. The molecule has 2 heterocycles. The van der Waals surface area contributed by atoms with Gasteiger partial charge >= 0.3 is 0 Å². The Kier molecular flexibility index (Phi) is 4.88.